The van der Waals surface area contributed by atoms with Crippen LogP contribution in [0.25, 0.3) is 0 Å². The van der Waals surface area contributed by atoms with Crippen molar-refractivity contribution in [3.8, 4) is 5.75 Å². The molecule has 5 nitrogen and oxygen atoms in total. The van der Waals surface area contributed by atoms with E-state index < -0.39 is 5.97 Å². The minimum absolute atomic E-state index is 0.00745. The van der Waals surface area contributed by atoms with Crippen LogP contribution in [0.2, 0.25) is 0 Å². The van der Waals surface area contributed by atoms with Crippen molar-refractivity contribution in [3.05, 3.63) is 76.9 Å². The van der Waals surface area contributed by atoms with Gasteiger partial charge in [-0.05, 0) is 53.7 Å². The summed E-state index contributed by atoms with van der Waals surface area (Å²) in [6.07, 6.45) is 6.87. The summed E-state index contributed by atoms with van der Waals surface area (Å²) in [6.45, 7) is 0.732. The molecule has 0 radical (unpaired) electrons. The second-order valence-electron chi connectivity index (χ2n) is 7.50. The molecule has 0 aliphatic carbocycles. The Hall–Kier alpha value is -2.92. The molecule has 158 valence electrons. The topological polar surface area (TPSA) is 68.1 Å². The molecule has 2 aromatic rings. The summed E-state index contributed by atoms with van der Waals surface area (Å²) in [5.74, 6) is 0.173. The van der Waals surface area contributed by atoms with Crippen LogP contribution in [0.15, 0.2) is 65.2 Å². The number of aryl methyl sites for hydroxylation is 1. The summed E-state index contributed by atoms with van der Waals surface area (Å²) in [6, 6.07) is 16.3. The first-order chi connectivity index (χ1) is 14.6. The monoisotopic (exact) mass is 407 g/mol. The van der Waals surface area contributed by atoms with Crippen molar-refractivity contribution in [2.24, 2.45) is 4.99 Å². The molecule has 2 atom stereocenters. The number of hydrogen-bond acceptors (Lipinski definition) is 4. The third-order valence-electron chi connectivity index (χ3n) is 5.40. The predicted octanol–water partition coefficient (Wildman–Crippen LogP) is 4.97. The summed E-state index contributed by atoms with van der Waals surface area (Å²) < 4.78 is 10.5. The molecule has 1 aliphatic heterocycles. The van der Waals surface area contributed by atoms with Gasteiger partial charge in [-0.3, -0.25) is 9.79 Å². The summed E-state index contributed by atoms with van der Waals surface area (Å²) >= 11 is 0. The highest BCUT2D eigenvalue weighted by molar-refractivity contribution is 5.80. The molecule has 0 bridgehead atoms. The van der Waals surface area contributed by atoms with E-state index in [4.69, 9.17) is 19.6 Å². The molecule has 0 aromatic heterocycles. The molecule has 1 heterocycles. The van der Waals surface area contributed by atoms with Gasteiger partial charge in [-0.1, -0.05) is 42.5 Å². The number of aliphatic imine (C=N–C) groups is 1. The SMILES string of the molecule is COCCCC1=CC(c2ccc(CCC(=O)O)cc2)C(c2ccc(OC)cc2)N=C1. The van der Waals surface area contributed by atoms with E-state index in [1.165, 1.54) is 11.1 Å². The zero-order valence-corrected chi connectivity index (χ0v) is 17.6. The zero-order chi connectivity index (χ0) is 21.3. The minimum Gasteiger partial charge on any atom is -0.497 e. The first-order valence-corrected chi connectivity index (χ1v) is 10.3. The summed E-state index contributed by atoms with van der Waals surface area (Å²) in [4.78, 5) is 15.7. The van der Waals surface area contributed by atoms with Crippen molar-refractivity contribution < 1.29 is 19.4 Å². The summed E-state index contributed by atoms with van der Waals surface area (Å²) in [5, 5.41) is 8.91. The Morgan fingerprint density at radius 3 is 2.33 bits per heavy atom. The van der Waals surface area contributed by atoms with E-state index in [1.54, 1.807) is 14.2 Å². The van der Waals surface area contributed by atoms with Gasteiger partial charge in [0.2, 0.25) is 0 Å². The van der Waals surface area contributed by atoms with Crippen molar-refractivity contribution in [1.29, 1.82) is 0 Å². The number of nitrogens with zero attached hydrogens (tertiary/aromatic N) is 1. The number of ether oxygens (including phenoxy) is 2. The van der Waals surface area contributed by atoms with E-state index in [0.717, 1.165) is 36.3 Å². The van der Waals surface area contributed by atoms with Gasteiger partial charge in [0.15, 0.2) is 0 Å². The zero-order valence-electron chi connectivity index (χ0n) is 17.6. The Bertz CT molecular complexity index is 884. The third-order valence-corrected chi connectivity index (χ3v) is 5.40. The van der Waals surface area contributed by atoms with Crippen molar-refractivity contribution in [1.82, 2.24) is 0 Å². The van der Waals surface area contributed by atoms with Gasteiger partial charge in [-0.25, -0.2) is 0 Å². The Balaban J connectivity index is 1.84. The van der Waals surface area contributed by atoms with E-state index >= 15 is 0 Å². The molecule has 0 amide bonds. The van der Waals surface area contributed by atoms with Crippen LogP contribution >= 0.6 is 0 Å². The molecule has 0 saturated carbocycles. The molecular formula is C25H29NO4. The lowest BCUT2D eigenvalue weighted by Crippen LogP contribution is -2.13. The molecule has 3 rings (SSSR count). The number of methoxy groups -OCH3 is 2. The van der Waals surface area contributed by atoms with Crippen molar-refractivity contribution in [2.45, 2.75) is 37.6 Å². The number of aliphatic carboxylic acids is 1. The number of carboxylic acids is 1. The Morgan fingerprint density at radius 2 is 1.70 bits per heavy atom. The van der Waals surface area contributed by atoms with Gasteiger partial charge in [-0.15, -0.1) is 0 Å². The molecule has 1 N–H and O–H groups in total. The largest absolute Gasteiger partial charge is 0.497 e. The van der Waals surface area contributed by atoms with Gasteiger partial charge in [0, 0.05) is 32.3 Å². The second kappa shape index (κ2) is 10.7. The number of carboxylic acid groups (broad SMARTS) is 1. The Kier molecular flexibility index (Phi) is 7.80. The molecule has 5 heteroatoms. The van der Waals surface area contributed by atoms with Crippen LogP contribution in [-0.4, -0.2) is 38.1 Å². The highest BCUT2D eigenvalue weighted by Gasteiger charge is 2.25. The van der Waals surface area contributed by atoms with Crippen molar-refractivity contribution in [2.75, 3.05) is 20.8 Å². The van der Waals surface area contributed by atoms with Gasteiger partial charge in [0.05, 0.1) is 13.2 Å². The van der Waals surface area contributed by atoms with E-state index in [1.807, 2.05) is 30.5 Å². The first kappa shape index (κ1) is 21.8. The second-order valence-corrected chi connectivity index (χ2v) is 7.50. The lowest BCUT2D eigenvalue weighted by Gasteiger charge is -2.27. The average molecular weight is 408 g/mol. The fraction of sp³-hybridized carbons (Fsp3) is 0.360. The van der Waals surface area contributed by atoms with E-state index in [2.05, 4.69) is 30.3 Å². The molecule has 2 unspecified atom stereocenters. The Morgan fingerprint density at radius 1 is 1.00 bits per heavy atom. The van der Waals surface area contributed by atoms with Gasteiger partial charge < -0.3 is 14.6 Å². The number of hydrogen-bond donors (Lipinski definition) is 1. The maximum absolute atomic E-state index is 10.8. The summed E-state index contributed by atoms with van der Waals surface area (Å²) in [7, 11) is 3.38. The van der Waals surface area contributed by atoms with Gasteiger partial charge in [0.1, 0.15) is 5.75 Å². The maximum Gasteiger partial charge on any atom is 0.303 e. The standard InChI is InChI=1S/C25H29NO4/c1-29-15-3-4-19-16-23(20-8-5-18(6-9-20)7-14-24(27)28)25(26-17-19)21-10-12-22(30-2)13-11-21/h5-6,8-13,16-17,23,25H,3-4,7,14-15H2,1-2H3,(H,27,28). The Labute approximate surface area is 178 Å². The minimum atomic E-state index is -0.774. The lowest BCUT2D eigenvalue weighted by molar-refractivity contribution is -0.136. The first-order valence-electron chi connectivity index (χ1n) is 10.3. The van der Waals surface area contributed by atoms with Gasteiger partial charge >= 0.3 is 5.97 Å². The van der Waals surface area contributed by atoms with Crippen LogP contribution in [0, 0.1) is 0 Å². The van der Waals surface area contributed by atoms with Crippen LogP contribution in [0.4, 0.5) is 0 Å². The predicted molar refractivity (Wildman–Crippen MR) is 119 cm³/mol. The number of allylic oxidation sites excluding steroid dienone is 1. The van der Waals surface area contributed by atoms with Crippen LogP contribution in [-0.2, 0) is 16.0 Å². The van der Waals surface area contributed by atoms with Gasteiger partial charge in [0.25, 0.3) is 0 Å². The van der Waals surface area contributed by atoms with Crippen molar-refractivity contribution >= 4 is 12.2 Å². The number of benzene rings is 2. The van der Waals surface area contributed by atoms with Gasteiger partial charge in [-0.2, -0.15) is 0 Å². The van der Waals surface area contributed by atoms with Crippen LogP contribution in [0.5, 0.6) is 5.75 Å². The fourth-order valence-electron chi connectivity index (χ4n) is 3.73. The number of carbonyl (C=O) groups is 1. The third kappa shape index (κ3) is 5.80. The quantitative estimate of drug-likeness (QED) is 0.564. The molecule has 0 saturated heterocycles. The summed E-state index contributed by atoms with van der Waals surface area (Å²) in [5.41, 5.74) is 4.57. The number of dihydropyridines is 1. The van der Waals surface area contributed by atoms with E-state index in [9.17, 15) is 4.79 Å². The fourth-order valence-corrected chi connectivity index (χ4v) is 3.73. The molecule has 0 spiro atoms. The van der Waals surface area contributed by atoms with Crippen LogP contribution in [0.1, 0.15) is 47.9 Å². The lowest BCUT2D eigenvalue weighted by atomic mass is 9.83. The van der Waals surface area contributed by atoms with Crippen LogP contribution in [0.3, 0.4) is 0 Å². The molecule has 1 aliphatic rings. The molecule has 0 fully saturated rings. The molecule has 2 aromatic carbocycles. The highest BCUT2D eigenvalue weighted by atomic mass is 16.5. The van der Waals surface area contributed by atoms with Crippen LogP contribution < -0.4 is 4.74 Å². The molecular weight excluding hydrogens is 378 g/mol. The smallest absolute Gasteiger partial charge is 0.303 e. The van der Waals surface area contributed by atoms with E-state index in [0.29, 0.717) is 6.42 Å². The average Bonchev–Trinajstić information content (AvgIpc) is 2.78. The molecule has 30 heavy (non-hydrogen) atoms. The number of rotatable bonds is 10. The van der Waals surface area contributed by atoms with Crippen molar-refractivity contribution in [3.63, 3.8) is 0 Å². The highest BCUT2D eigenvalue weighted by Crippen LogP contribution is 2.39. The maximum atomic E-state index is 10.8. The van der Waals surface area contributed by atoms with E-state index in [-0.39, 0.29) is 18.4 Å². The normalized spacial score (nSPS) is 18.1.